The van der Waals surface area contributed by atoms with Gasteiger partial charge in [0.1, 0.15) is 0 Å². The molecule has 1 unspecified atom stereocenters. The fraction of sp³-hybridized carbons (Fsp3) is 0.385. The normalized spacial score (nSPS) is 11.8. The Morgan fingerprint density at radius 3 is 2.81 bits per heavy atom. The van der Waals surface area contributed by atoms with E-state index in [0.717, 1.165) is 27.9 Å². The van der Waals surface area contributed by atoms with Gasteiger partial charge < -0.3 is 5.32 Å². The van der Waals surface area contributed by atoms with E-state index in [1.54, 1.807) is 0 Å². The Morgan fingerprint density at radius 1 is 1.50 bits per heavy atom. The van der Waals surface area contributed by atoms with E-state index in [1.807, 2.05) is 32.2 Å². The molecule has 86 valence electrons. The minimum absolute atomic E-state index is 0.265. The van der Waals surface area contributed by atoms with Crippen molar-refractivity contribution in [3.05, 3.63) is 33.3 Å². The van der Waals surface area contributed by atoms with Gasteiger partial charge in [0.15, 0.2) is 0 Å². The SMILES string of the molecule is CC#CCCC(NC)c1ccc(Br)cc1Cl. The first-order chi connectivity index (χ1) is 7.69. The van der Waals surface area contributed by atoms with Gasteiger partial charge in [-0.25, -0.2) is 0 Å². The molecule has 16 heavy (non-hydrogen) atoms. The van der Waals surface area contributed by atoms with Crippen LogP contribution in [0.2, 0.25) is 5.02 Å². The molecule has 1 atom stereocenters. The number of hydrogen-bond acceptors (Lipinski definition) is 1. The van der Waals surface area contributed by atoms with Crippen molar-refractivity contribution in [2.24, 2.45) is 0 Å². The quantitative estimate of drug-likeness (QED) is 0.823. The van der Waals surface area contributed by atoms with Gasteiger partial charge in [-0.2, -0.15) is 0 Å². The van der Waals surface area contributed by atoms with Crippen molar-refractivity contribution in [2.75, 3.05) is 7.05 Å². The summed E-state index contributed by atoms with van der Waals surface area (Å²) in [6.45, 7) is 1.86. The zero-order valence-corrected chi connectivity index (χ0v) is 11.8. The lowest BCUT2D eigenvalue weighted by Gasteiger charge is -2.17. The lowest BCUT2D eigenvalue weighted by molar-refractivity contribution is 0.558. The van der Waals surface area contributed by atoms with E-state index in [4.69, 9.17) is 11.6 Å². The molecule has 1 nitrogen and oxygen atoms in total. The summed E-state index contributed by atoms with van der Waals surface area (Å²) < 4.78 is 1.00. The van der Waals surface area contributed by atoms with Crippen LogP contribution in [-0.4, -0.2) is 7.05 Å². The molecular formula is C13H15BrClN. The average molecular weight is 301 g/mol. The Balaban J connectivity index is 2.80. The van der Waals surface area contributed by atoms with Crippen LogP contribution >= 0.6 is 27.5 Å². The fourth-order valence-corrected chi connectivity index (χ4v) is 2.39. The molecule has 0 aliphatic heterocycles. The molecule has 0 radical (unpaired) electrons. The second kappa shape index (κ2) is 6.96. The van der Waals surface area contributed by atoms with E-state index >= 15 is 0 Å². The molecule has 1 rings (SSSR count). The van der Waals surface area contributed by atoms with Crippen LogP contribution in [0.25, 0.3) is 0 Å². The number of nitrogens with one attached hydrogen (secondary N) is 1. The highest BCUT2D eigenvalue weighted by molar-refractivity contribution is 9.10. The van der Waals surface area contributed by atoms with Crippen molar-refractivity contribution >= 4 is 27.5 Å². The monoisotopic (exact) mass is 299 g/mol. The van der Waals surface area contributed by atoms with Crippen molar-refractivity contribution in [1.82, 2.24) is 5.32 Å². The first-order valence-corrected chi connectivity index (χ1v) is 6.38. The van der Waals surface area contributed by atoms with Gasteiger partial charge in [0.25, 0.3) is 0 Å². The summed E-state index contributed by atoms with van der Waals surface area (Å²) in [6.07, 6.45) is 1.85. The Morgan fingerprint density at radius 2 is 2.25 bits per heavy atom. The number of halogens is 2. The van der Waals surface area contributed by atoms with Crippen molar-refractivity contribution in [1.29, 1.82) is 0 Å². The Labute approximate surface area is 111 Å². The minimum atomic E-state index is 0.265. The van der Waals surface area contributed by atoms with E-state index < -0.39 is 0 Å². The van der Waals surface area contributed by atoms with E-state index in [-0.39, 0.29) is 6.04 Å². The molecule has 0 bridgehead atoms. The first kappa shape index (κ1) is 13.6. The van der Waals surface area contributed by atoms with Crippen LogP contribution in [0, 0.1) is 11.8 Å². The zero-order valence-electron chi connectivity index (χ0n) is 9.48. The summed E-state index contributed by atoms with van der Waals surface area (Å²) >= 11 is 9.61. The summed E-state index contributed by atoms with van der Waals surface area (Å²) in [4.78, 5) is 0. The molecule has 0 amide bonds. The third kappa shape index (κ3) is 3.83. The number of hydrogen-bond donors (Lipinski definition) is 1. The number of rotatable bonds is 4. The average Bonchev–Trinajstić information content (AvgIpc) is 2.26. The maximum atomic E-state index is 6.21. The molecule has 1 N–H and O–H groups in total. The molecule has 1 aromatic rings. The van der Waals surface area contributed by atoms with Crippen molar-refractivity contribution in [3.8, 4) is 11.8 Å². The first-order valence-electron chi connectivity index (χ1n) is 5.21. The predicted octanol–water partition coefficient (Wildman–Crippen LogP) is 4.17. The molecule has 0 heterocycles. The van der Waals surface area contributed by atoms with Gasteiger partial charge in [-0.3, -0.25) is 0 Å². The summed E-state index contributed by atoms with van der Waals surface area (Å²) in [5.74, 6) is 5.98. The molecule has 0 fully saturated rings. The maximum absolute atomic E-state index is 6.21. The lowest BCUT2D eigenvalue weighted by Crippen LogP contribution is -2.16. The highest BCUT2D eigenvalue weighted by Crippen LogP contribution is 2.28. The molecule has 0 aliphatic rings. The van der Waals surface area contributed by atoms with E-state index in [1.165, 1.54) is 0 Å². The molecule has 1 aromatic carbocycles. The van der Waals surface area contributed by atoms with E-state index in [2.05, 4.69) is 33.1 Å². The zero-order chi connectivity index (χ0) is 12.0. The van der Waals surface area contributed by atoms with Crippen LogP contribution in [0.4, 0.5) is 0 Å². The Kier molecular flexibility index (Phi) is 5.90. The summed E-state index contributed by atoms with van der Waals surface area (Å²) in [6, 6.07) is 6.25. The summed E-state index contributed by atoms with van der Waals surface area (Å²) in [5.41, 5.74) is 1.13. The van der Waals surface area contributed by atoms with Gasteiger partial charge in [0.2, 0.25) is 0 Å². The molecule has 0 saturated carbocycles. The molecule has 3 heteroatoms. The minimum Gasteiger partial charge on any atom is -0.313 e. The molecule has 0 aliphatic carbocycles. The highest BCUT2D eigenvalue weighted by Gasteiger charge is 2.12. The van der Waals surface area contributed by atoms with Crippen molar-refractivity contribution in [3.63, 3.8) is 0 Å². The second-order valence-electron chi connectivity index (χ2n) is 3.47. The van der Waals surface area contributed by atoms with Crippen molar-refractivity contribution < 1.29 is 0 Å². The molecular weight excluding hydrogens is 286 g/mol. The van der Waals surface area contributed by atoms with E-state index in [9.17, 15) is 0 Å². The maximum Gasteiger partial charge on any atom is 0.0465 e. The van der Waals surface area contributed by atoms with Crippen LogP contribution in [0.1, 0.15) is 31.4 Å². The standard InChI is InChI=1S/C13H15BrClN/c1-3-4-5-6-13(16-2)11-8-7-10(14)9-12(11)15/h7-9,13,16H,5-6H2,1-2H3. The van der Waals surface area contributed by atoms with Crippen molar-refractivity contribution in [2.45, 2.75) is 25.8 Å². The molecule has 0 aromatic heterocycles. The van der Waals surface area contributed by atoms with Crippen LogP contribution in [0.15, 0.2) is 22.7 Å². The number of benzene rings is 1. The Hall–Kier alpha value is -0.490. The second-order valence-corrected chi connectivity index (χ2v) is 4.80. The van der Waals surface area contributed by atoms with Gasteiger partial charge in [-0.05, 0) is 38.1 Å². The Bertz CT molecular complexity index is 406. The van der Waals surface area contributed by atoms with Crippen LogP contribution in [0.3, 0.4) is 0 Å². The predicted molar refractivity (Wildman–Crippen MR) is 73.6 cm³/mol. The third-order valence-electron chi connectivity index (χ3n) is 2.42. The lowest BCUT2D eigenvalue weighted by atomic mass is 10.0. The third-order valence-corrected chi connectivity index (χ3v) is 3.24. The topological polar surface area (TPSA) is 12.0 Å². The summed E-state index contributed by atoms with van der Waals surface area (Å²) in [5, 5.41) is 4.06. The van der Waals surface area contributed by atoms with Gasteiger partial charge in [0.05, 0.1) is 0 Å². The highest BCUT2D eigenvalue weighted by atomic mass is 79.9. The largest absolute Gasteiger partial charge is 0.313 e. The van der Waals surface area contributed by atoms with Gasteiger partial charge >= 0.3 is 0 Å². The fourth-order valence-electron chi connectivity index (χ4n) is 1.58. The smallest absolute Gasteiger partial charge is 0.0465 e. The van der Waals surface area contributed by atoms with E-state index in [0.29, 0.717) is 0 Å². The van der Waals surface area contributed by atoms with Gasteiger partial charge in [-0.15, -0.1) is 11.8 Å². The summed E-state index contributed by atoms with van der Waals surface area (Å²) in [7, 11) is 1.95. The van der Waals surface area contributed by atoms with Gasteiger partial charge in [0, 0.05) is 22.0 Å². The molecule has 0 saturated heterocycles. The van der Waals surface area contributed by atoms with Crippen LogP contribution in [-0.2, 0) is 0 Å². The van der Waals surface area contributed by atoms with Crippen LogP contribution in [0.5, 0.6) is 0 Å². The van der Waals surface area contributed by atoms with Gasteiger partial charge in [-0.1, -0.05) is 33.6 Å². The van der Waals surface area contributed by atoms with Crippen LogP contribution < -0.4 is 5.32 Å². The molecule has 0 spiro atoms.